The van der Waals surface area contributed by atoms with Gasteiger partial charge >= 0.3 is 11.7 Å². The molecular formula is C17H16N2O6. The summed E-state index contributed by atoms with van der Waals surface area (Å²) in [6.45, 7) is 1.32. The molecule has 0 saturated heterocycles. The molecule has 0 aromatic heterocycles. The van der Waals surface area contributed by atoms with E-state index in [2.05, 4.69) is 5.32 Å². The average molecular weight is 344 g/mol. The van der Waals surface area contributed by atoms with Crippen LogP contribution in [-0.2, 0) is 11.4 Å². The van der Waals surface area contributed by atoms with Gasteiger partial charge in [0.25, 0.3) is 5.91 Å². The van der Waals surface area contributed by atoms with Gasteiger partial charge in [0.1, 0.15) is 12.6 Å². The van der Waals surface area contributed by atoms with Crippen molar-refractivity contribution in [3.63, 3.8) is 0 Å². The molecule has 2 aromatic carbocycles. The summed E-state index contributed by atoms with van der Waals surface area (Å²) in [5.74, 6) is -2.18. The molecule has 0 spiro atoms. The number of carboxylic acids is 1. The highest BCUT2D eigenvalue weighted by Gasteiger charge is 2.25. The maximum Gasteiger partial charge on any atom is 0.325 e. The number of rotatable bonds is 7. The van der Waals surface area contributed by atoms with E-state index in [0.29, 0.717) is 0 Å². The zero-order chi connectivity index (χ0) is 18.4. The fourth-order valence-electron chi connectivity index (χ4n) is 2.06. The monoisotopic (exact) mass is 344 g/mol. The highest BCUT2D eigenvalue weighted by atomic mass is 16.6. The third-order valence-electron chi connectivity index (χ3n) is 3.38. The zero-order valence-corrected chi connectivity index (χ0v) is 13.3. The van der Waals surface area contributed by atoms with E-state index in [1.54, 1.807) is 24.3 Å². The number of carboxylic acid groups (broad SMARTS) is 1. The van der Waals surface area contributed by atoms with Gasteiger partial charge in [0, 0.05) is 6.07 Å². The Kier molecular flexibility index (Phi) is 5.67. The second kappa shape index (κ2) is 7.91. The third kappa shape index (κ3) is 4.54. The Labute approximate surface area is 143 Å². The number of nitrogens with zero attached hydrogens (tertiary/aromatic N) is 1. The number of nitrogens with one attached hydrogen (secondary N) is 1. The Balaban J connectivity index is 2.32. The van der Waals surface area contributed by atoms with E-state index >= 15 is 0 Å². The molecule has 0 fully saturated rings. The van der Waals surface area contributed by atoms with Gasteiger partial charge in [0.05, 0.1) is 10.5 Å². The van der Waals surface area contributed by atoms with E-state index in [4.69, 9.17) is 9.84 Å². The molecule has 2 aromatic rings. The van der Waals surface area contributed by atoms with Crippen molar-refractivity contribution in [3.05, 3.63) is 69.8 Å². The number of amides is 1. The van der Waals surface area contributed by atoms with Crippen LogP contribution in [0, 0.1) is 10.1 Å². The maximum absolute atomic E-state index is 12.3. The summed E-state index contributed by atoms with van der Waals surface area (Å²) in [4.78, 5) is 33.8. The van der Waals surface area contributed by atoms with Crippen LogP contribution in [0.2, 0.25) is 0 Å². The summed E-state index contributed by atoms with van der Waals surface area (Å²) < 4.78 is 5.53. The first-order valence-corrected chi connectivity index (χ1v) is 7.38. The number of aliphatic carboxylic acids is 1. The second-order valence-corrected chi connectivity index (χ2v) is 5.22. The van der Waals surface area contributed by atoms with E-state index in [1.165, 1.54) is 25.1 Å². The predicted molar refractivity (Wildman–Crippen MR) is 88.4 cm³/mol. The second-order valence-electron chi connectivity index (χ2n) is 5.22. The first kappa shape index (κ1) is 17.9. The molecule has 130 valence electrons. The molecule has 8 nitrogen and oxygen atoms in total. The highest BCUT2D eigenvalue weighted by Crippen LogP contribution is 2.31. The van der Waals surface area contributed by atoms with Gasteiger partial charge in [-0.1, -0.05) is 36.4 Å². The largest absolute Gasteiger partial charge is 0.481 e. The molecule has 1 atom stereocenters. The van der Waals surface area contributed by atoms with Crippen molar-refractivity contribution in [2.45, 2.75) is 19.6 Å². The van der Waals surface area contributed by atoms with Crippen molar-refractivity contribution >= 4 is 17.6 Å². The van der Waals surface area contributed by atoms with Crippen LogP contribution in [0.1, 0.15) is 22.8 Å². The first-order chi connectivity index (χ1) is 11.9. The number of nitro groups is 1. The molecule has 0 radical (unpaired) electrons. The fourth-order valence-corrected chi connectivity index (χ4v) is 2.06. The van der Waals surface area contributed by atoms with Crippen LogP contribution < -0.4 is 10.1 Å². The maximum atomic E-state index is 12.3. The van der Waals surface area contributed by atoms with Crippen LogP contribution >= 0.6 is 0 Å². The van der Waals surface area contributed by atoms with Crippen molar-refractivity contribution in [1.82, 2.24) is 5.32 Å². The van der Waals surface area contributed by atoms with Gasteiger partial charge in [0.15, 0.2) is 0 Å². The molecule has 1 amide bonds. The lowest BCUT2D eigenvalue weighted by atomic mass is 10.1. The molecule has 2 rings (SSSR count). The van der Waals surface area contributed by atoms with Crippen LogP contribution in [-0.4, -0.2) is 27.9 Å². The number of ether oxygens (including phenoxy) is 1. The Bertz CT molecular complexity index is 791. The molecule has 2 N–H and O–H groups in total. The number of benzene rings is 2. The molecule has 1 unspecified atom stereocenters. The van der Waals surface area contributed by atoms with Crippen LogP contribution in [0.5, 0.6) is 5.75 Å². The lowest BCUT2D eigenvalue weighted by Gasteiger charge is -2.13. The number of hydrogen-bond donors (Lipinski definition) is 2. The minimum Gasteiger partial charge on any atom is -0.481 e. The van der Waals surface area contributed by atoms with Crippen molar-refractivity contribution in [3.8, 4) is 5.75 Å². The molecule has 0 saturated carbocycles. The number of carbonyl (C=O) groups excluding carboxylic acids is 1. The Morgan fingerprint density at radius 2 is 1.88 bits per heavy atom. The van der Waals surface area contributed by atoms with Gasteiger partial charge in [-0.2, -0.15) is 0 Å². The van der Waals surface area contributed by atoms with Crippen LogP contribution in [0.4, 0.5) is 5.69 Å². The Morgan fingerprint density at radius 1 is 1.20 bits per heavy atom. The Hall–Kier alpha value is -3.42. The molecule has 0 aliphatic rings. The van der Waals surface area contributed by atoms with Gasteiger partial charge in [-0.15, -0.1) is 0 Å². The molecular weight excluding hydrogens is 328 g/mol. The van der Waals surface area contributed by atoms with Gasteiger partial charge in [-0.25, -0.2) is 0 Å². The molecule has 25 heavy (non-hydrogen) atoms. The number of carbonyl (C=O) groups is 2. The number of nitro benzene ring substituents is 1. The van der Waals surface area contributed by atoms with Gasteiger partial charge in [-0.05, 0) is 18.6 Å². The molecule has 8 heteroatoms. The van der Waals surface area contributed by atoms with E-state index in [0.717, 1.165) is 5.56 Å². The third-order valence-corrected chi connectivity index (χ3v) is 3.38. The van der Waals surface area contributed by atoms with E-state index in [-0.39, 0.29) is 23.6 Å². The summed E-state index contributed by atoms with van der Waals surface area (Å²) in [6, 6.07) is 11.7. The summed E-state index contributed by atoms with van der Waals surface area (Å²) in [7, 11) is 0. The molecule has 0 heterocycles. The SMILES string of the molecule is CC(NC(=O)c1cccc([N+](=O)[O-])c1OCc1ccccc1)C(=O)O. The topological polar surface area (TPSA) is 119 Å². The van der Waals surface area contributed by atoms with Gasteiger partial charge in [0.2, 0.25) is 5.75 Å². The predicted octanol–water partition coefficient (Wildman–Crippen LogP) is 2.38. The summed E-state index contributed by atoms with van der Waals surface area (Å²) in [5, 5.41) is 22.4. The lowest BCUT2D eigenvalue weighted by molar-refractivity contribution is -0.386. The average Bonchev–Trinajstić information content (AvgIpc) is 2.60. The molecule has 0 bridgehead atoms. The van der Waals surface area contributed by atoms with Crippen LogP contribution in [0.25, 0.3) is 0 Å². The van der Waals surface area contributed by atoms with E-state index in [9.17, 15) is 19.7 Å². The minimum absolute atomic E-state index is 0.0282. The summed E-state index contributed by atoms with van der Waals surface area (Å²) in [5.41, 5.74) is 0.302. The quantitative estimate of drug-likeness (QED) is 0.588. The minimum atomic E-state index is -1.22. The summed E-state index contributed by atoms with van der Waals surface area (Å²) in [6.07, 6.45) is 0. The highest BCUT2D eigenvalue weighted by molar-refractivity contribution is 6.00. The number of hydrogen-bond acceptors (Lipinski definition) is 5. The van der Waals surface area contributed by atoms with Crippen LogP contribution in [0.15, 0.2) is 48.5 Å². The molecule has 0 aliphatic heterocycles. The van der Waals surface area contributed by atoms with E-state index in [1.807, 2.05) is 6.07 Å². The van der Waals surface area contributed by atoms with Crippen molar-refractivity contribution < 1.29 is 24.4 Å². The lowest BCUT2D eigenvalue weighted by Crippen LogP contribution is -2.38. The van der Waals surface area contributed by atoms with Crippen LogP contribution in [0.3, 0.4) is 0 Å². The van der Waals surface area contributed by atoms with Crippen molar-refractivity contribution in [2.24, 2.45) is 0 Å². The number of para-hydroxylation sites is 1. The van der Waals surface area contributed by atoms with Gasteiger partial charge < -0.3 is 15.2 Å². The molecule has 0 aliphatic carbocycles. The van der Waals surface area contributed by atoms with Crippen molar-refractivity contribution in [2.75, 3.05) is 0 Å². The van der Waals surface area contributed by atoms with E-state index < -0.39 is 22.8 Å². The Morgan fingerprint density at radius 3 is 2.48 bits per heavy atom. The first-order valence-electron chi connectivity index (χ1n) is 7.38. The smallest absolute Gasteiger partial charge is 0.325 e. The van der Waals surface area contributed by atoms with Crippen molar-refractivity contribution in [1.29, 1.82) is 0 Å². The zero-order valence-electron chi connectivity index (χ0n) is 13.3. The van der Waals surface area contributed by atoms with Gasteiger partial charge in [-0.3, -0.25) is 19.7 Å². The normalized spacial score (nSPS) is 11.4. The fraction of sp³-hybridized carbons (Fsp3) is 0.176. The standard InChI is InChI=1S/C17H16N2O6/c1-11(17(21)22)18-16(20)13-8-5-9-14(19(23)24)15(13)25-10-12-6-3-2-4-7-12/h2-9,11H,10H2,1H3,(H,18,20)(H,21,22). The summed E-state index contributed by atoms with van der Waals surface area (Å²) >= 11 is 0.